The van der Waals surface area contributed by atoms with E-state index in [0.29, 0.717) is 23.4 Å². The van der Waals surface area contributed by atoms with E-state index >= 15 is 0 Å². The molecule has 2 heterocycles. The number of hydrogen-bond acceptors (Lipinski definition) is 3. The summed E-state index contributed by atoms with van der Waals surface area (Å²) in [5, 5.41) is 10.3. The van der Waals surface area contributed by atoms with E-state index in [1.54, 1.807) is 6.07 Å². The summed E-state index contributed by atoms with van der Waals surface area (Å²) in [7, 11) is 0. The molecule has 2 aromatic rings. The van der Waals surface area contributed by atoms with Crippen LogP contribution in [-0.2, 0) is 4.79 Å². The molecule has 29 heavy (non-hydrogen) atoms. The van der Waals surface area contributed by atoms with Crippen molar-refractivity contribution in [3.05, 3.63) is 64.7 Å². The maximum Gasteiger partial charge on any atom is 0.326 e. The van der Waals surface area contributed by atoms with Crippen molar-refractivity contribution < 1.29 is 14.7 Å². The van der Waals surface area contributed by atoms with Gasteiger partial charge in [0, 0.05) is 29.4 Å². The first-order chi connectivity index (χ1) is 14.1. The van der Waals surface area contributed by atoms with E-state index in [2.05, 4.69) is 4.90 Å². The molecule has 2 atom stereocenters. The number of nitrogens with zero attached hydrogens (tertiary/aromatic N) is 2. The minimum atomic E-state index is -0.974. The third kappa shape index (κ3) is 3.97. The number of benzene rings is 2. The molecule has 0 aromatic heterocycles. The van der Waals surface area contributed by atoms with Crippen LogP contribution in [0.1, 0.15) is 54.1 Å². The minimum absolute atomic E-state index is 0.259. The third-order valence-electron chi connectivity index (χ3n) is 6.00. The lowest BCUT2D eigenvalue weighted by molar-refractivity contribution is -0.141. The van der Waals surface area contributed by atoms with Crippen LogP contribution in [-0.4, -0.2) is 41.0 Å². The van der Waals surface area contributed by atoms with E-state index in [9.17, 15) is 14.7 Å². The average Bonchev–Trinajstić information content (AvgIpc) is 3.19. The lowest BCUT2D eigenvalue weighted by atomic mass is 10.0. The normalized spacial score (nSPS) is 22.0. The van der Waals surface area contributed by atoms with Gasteiger partial charge in [-0.2, -0.15) is 0 Å². The van der Waals surface area contributed by atoms with E-state index in [1.807, 2.05) is 42.5 Å². The second-order valence-corrected chi connectivity index (χ2v) is 8.18. The SMILES string of the molecule is O=C(O)[C@@H]1CCC(c2ccccc2Cl)N1C(=O)c1ccc(N2CCCCC2)cc1. The zero-order chi connectivity index (χ0) is 20.4. The zero-order valence-electron chi connectivity index (χ0n) is 16.3. The van der Waals surface area contributed by atoms with E-state index in [4.69, 9.17) is 11.6 Å². The smallest absolute Gasteiger partial charge is 0.326 e. The lowest BCUT2D eigenvalue weighted by Gasteiger charge is -2.30. The highest BCUT2D eigenvalue weighted by Gasteiger charge is 2.42. The van der Waals surface area contributed by atoms with Gasteiger partial charge in [-0.3, -0.25) is 4.79 Å². The Bertz CT molecular complexity index is 893. The van der Waals surface area contributed by atoms with Gasteiger partial charge >= 0.3 is 5.97 Å². The molecule has 5 nitrogen and oxygen atoms in total. The van der Waals surface area contributed by atoms with Gasteiger partial charge in [-0.25, -0.2) is 4.79 Å². The van der Waals surface area contributed by atoms with Crippen molar-refractivity contribution in [2.75, 3.05) is 18.0 Å². The van der Waals surface area contributed by atoms with Gasteiger partial charge in [-0.15, -0.1) is 0 Å². The van der Waals surface area contributed by atoms with E-state index in [-0.39, 0.29) is 11.9 Å². The number of halogens is 1. The van der Waals surface area contributed by atoms with Crippen LogP contribution in [0.2, 0.25) is 5.02 Å². The number of carboxylic acid groups (broad SMARTS) is 1. The molecule has 2 aromatic carbocycles. The molecule has 0 bridgehead atoms. The second kappa shape index (κ2) is 8.46. The van der Waals surface area contributed by atoms with Gasteiger partial charge in [0.1, 0.15) is 6.04 Å². The molecule has 1 N–H and O–H groups in total. The molecule has 6 heteroatoms. The highest BCUT2D eigenvalue weighted by molar-refractivity contribution is 6.31. The van der Waals surface area contributed by atoms with Crippen LogP contribution < -0.4 is 4.90 Å². The molecule has 0 saturated carbocycles. The fraction of sp³-hybridized carbons (Fsp3) is 0.391. The van der Waals surface area contributed by atoms with Gasteiger partial charge in [0.25, 0.3) is 5.91 Å². The molecule has 0 radical (unpaired) electrons. The van der Waals surface area contributed by atoms with Crippen molar-refractivity contribution in [1.82, 2.24) is 4.90 Å². The molecule has 1 amide bonds. The Kier molecular flexibility index (Phi) is 5.76. The second-order valence-electron chi connectivity index (χ2n) is 7.78. The number of likely N-dealkylation sites (tertiary alicyclic amines) is 1. The van der Waals surface area contributed by atoms with Crippen molar-refractivity contribution in [3.63, 3.8) is 0 Å². The maximum atomic E-state index is 13.4. The van der Waals surface area contributed by atoms with Crippen LogP contribution in [0.25, 0.3) is 0 Å². The van der Waals surface area contributed by atoms with Crippen molar-refractivity contribution in [2.24, 2.45) is 0 Å². The van der Waals surface area contributed by atoms with E-state index < -0.39 is 12.0 Å². The van der Waals surface area contributed by atoms with Gasteiger partial charge in [0.05, 0.1) is 6.04 Å². The molecule has 4 rings (SSSR count). The van der Waals surface area contributed by atoms with Crippen LogP contribution in [0.5, 0.6) is 0 Å². The highest BCUT2D eigenvalue weighted by atomic mass is 35.5. The highest BCUT2D eigenvalue weighted by Crippen LogP contribution is 2.40. The molecule has 2 aliphatic heterocycles. The number of carboxylic acids is 1. The van der Waals surface area contributed by atoms with Gasteiger partial charge < -0.3 is 14.9 Å². The number of piperidine rings is 1. The molecule has 0 spiro atoms. The number of carbonyl (C=O) groups is 2. The minimum Gasteiger partial charge on any atom is -0.480 e. The van der Waals surface area contributed by atoms with Gasteiger partial charge in [-0.1, -0.05) is 29.8 Å². The summed E-state index contributed by atoms with van der Waals surface area (Å²) in [6.07, 6.45) is 4.64. The van der Waals surface area contributed by atoms with Gasteiger partial charge in [0.2, 0.25) is 0 Å². The predicted molar refractivity (Wildman–Crippen MR) is 114 cm³/mol. The van der Waals surface area contributed by atoms with Crippen molar-refractivity contribution in [2.45, 2.75) is 44.2 Å². The van der Waals surface area contributed by atoms with E-state index in [1.165, 1.54) is 24.2 Å². The predicted octanol–water partition coefficient (Wildman–Crippen LogP) is 4.76. The molecule has 1 unspecified atom stereocenters. The Morgan fingerprint density at radius 2 is 1.62 bits per heavy atom. The van der Waals surface area contributed by atoms with Crippen LogP contribution in [0.3, 0.4) is 0 Å². The number of carbonyl (C=O) groups excluding carboxylic acids is 1. The summed E-state index contributed by atoms with van der Waals surface area (Å²) in [6.45, 7) is 2.07. The number of anilines is 1. The molecule has 2 fully saturated rings. The fourth-order valence-electron chi connectivity index (χ4n) is 4.50. The van der Waals surface area contributed by atoms with E-state index in [0.717, 1.165) is 24.3 Å². The topological polar surface area (TPSA) is 60.9 Å². The van der Waals surface area contributed by atoms with Crippen LogP contribution >= 0.6 is 11.6 Å². The third-order valence-corrected chi connectivity index (χ3v) is 6.35. The van der Waals surface area contributed by atoms with Crippen molar-refractivity contribution in [3.8, 4) is 0 Å². The van der Waals surface area contributed by atoms with Crippen LogP contribution in [0.15, 0.2) is 48.5 Å². The Morgan fingerprint density at radius 3 is 2.28 bits per heavy atom. The average molecular weight is 413 g/mol. The molecule has 2 saturated heterocycles. The summed E-state index contributed by atoms with van der Waals surface area (Å²) in [6, 6.07) is 13.7. The number of aliphatic carboxylic acids is 1. The molecule has 152 valence electrons. The largest absolute Gasteiger partial charge is 0.480 e. The monoisotopic (exact) mass is 412 g/mol. The fourth-order valence-corrected chi connectivity index (χ4v) is 4.77. The molecule has 2 aliphatic rings. The van der Waals surface area contributed by atoms with Gasteiger partial charge in [0.15, 0.2) is 0 Å². The standard InChI is InChI=1S/C23H25ClN2O3/c24-19-7-3-2-6-18(19)20-12-13-21(23(28)29)26(20)22(27)16-8-10-17(11-9-16)25-14-4-1-5-15-25/h2-3,6-11,20-21H,1,4-5,12-15H2,(H,28,29)/t20?,21-/m0/s1. The summed E-state index contributed by atoms with van der Waals surface area (Å²) in [5.41, 5.74) is 2.42. The molecular weight excluding hydrogens is 388 g/mol. The molecule has 0 aliphatic carbocycles. The maximum absolute atomic E-state index is 13.4. The van der Waals surface area contributed by atoms with Crippen molar-refractivity contribution >= 4 is 29.2 Å². The summed E-state index contributed by atoms with van der Waals surface area (Å²) in [5.74, 6) is -1.23. The first-order valence-corrected chi connectivity index (χ1v) is 10.6. The Labute approximate surface area is 175 Å². The molecular formula is C23H25ClN2O3. The zero-order valence-corrected chi connectivity index (χ0v) is 17.0. The first kappa shape index (κ1) is 19.8. The first-order valence-electron chi connectivity index (χ1n) is 10.2. The van der Waals surface area contributed by atoms with Crippen molar-refractivity contribution in [1.29, 1.82) is 0 Å². The number of amides is 1. The summed E-state index contributed by atoms with van der Waals surface area (Å²) >= 11 is 6.36. The number of hydrogen-bond donors (Lipinski definition) is 1. The summed E-state index contributed by atoms with van der Waals surface area (Å²) < 4.78 is 0. The Balaban J connectivity index is 1.61. The van der Waals surface area contributed by atoms with Crippen LogP contribution in [0, 0.1) is 0 Å². The quantitative estimate of drug-likeness (QED) is 0.786. The lowest BCUT2D eigenvalue weighted by Crippen LogP contribution is -2.41. The van der Waals surface area contributed by atoms with Gasteiger partial charge in [-0.05, 0) is 68.0 Å². The Hall–Kier alpha value is -2.53. The number of rotatable bonds is 4. The van der Waals surface area contributed by atoms with Crippen LogP contribution in [0.4, 0.5) is 5.69 Å². The Morgan fingerprint density at radius 1 is 0.931 bits per heavy atom. The summed E-state index contributed by atoms with van der Waals surface area (Å²) in [4.78, 5) is 29.0.